The molecule has 4 aromatic rings. The summed E-state index contributed by atoms with van der Waals surface area (Å²) < 4.78 is 6.84. The van der Waals surface area contributed by atoms with Crippen LogP contribution in [-0.4, -0.2) is 16.8 Å². The molecule has 0 aliphatic carbocycles. The van der Waals surface area contributed by atoms with Crippen LogP contribution in [0.3, 0.4) is 0 Å². The Kier molecular flexibility index (Phi) is 6.38. The van der Waals surface area contributed by atoms with E-state index in [-0.39, 0.29) is 18.1 Å². The Morgan fingerprint density at radius 1 is 0.943 bits per heavy atom. The molecule has 1 fully saturated rings. The van der Waals surface area contributed by atoms with Crippen molar-refractivity contribution >= 4 is 44.7 Å². The Hall–Kier alpha value is -3.90. The summed E-state index contributed by atoms with van der Waals surface area (Å²) in [6, 6.07) is 27.3. The van der Waals surface area contributed by atoms with Crippen molar-refractivity contribution in [2.75, 3.05) is 0 Å². The van der Waals surface area contributed by atoms with Gasteiger partial charge in [0.2, 0.25) is 0 Å². The first-order valence-electron chi connectivity index (χ1n) is 11.3. The predicted molar refractivity (Wildman–Crippen MR) is 141 cm³/mol. The van der Waals surface area contributed by atoms with E-state index >= 15 is 0 Å². The number of benzene rings is 4. The second-order valence-corrected chi connectivity index (χ2v) is 9.34. The van der Waals surface area contributed by atoms with Crippen LogP contribution in [-0.2, 0) is 17.9 Å². The molecule has 5 nitrogen and oxygen atoms in total. The molecule has 0 unspecified atom stereocenters. The quantitative estimate of drug-likeness (QED) is 0.228. The minimum atomic E-state index is -0.420. The van der Waals surface area contributed by atoms with Crippen LogP contribution in [0.1, 0.15) is 22.3 Å². The number of carbonyl (C=O) groups is 2. The van der Waals surface area contributed by atoms with Crippen molar-refractivity contribution in [2.24, 2.45) is 0 Å². The zero-order valence-electron chi connectivity index (χ0n) is 19.1. The number of halogens is 1. The highest BCUT2D eigenvalue weighted by molar-refractivity contribution is 9.10. The fraction of sp³-hybridized carbons (Fsp3) is 0.103. The van der Waals surface area contributed by atoms with Gasteiger partial charge in [-0.15, -0.1) is 0 Å². The second kappa shape index (κ2) is 9.76. The molecule has 35 heavy (non-hydrogen) atoms. The normalized spacial score (nSPS) is 14.6. The van der Waals surface area contributed by atoms with Gasteiger partial charge in [-0.2, -0.15) is 0 Å². The molecule has 1 N–H and O–H groups in total. The molecule has 1 heterocycles. The topological polar surface area (TPSA) is 58.6 Å². The third-order valence-corrected chi connectivity index (χ3v) is 6.54. The lowest BCUT2D eigenvalue weighted by atomic mass is 10.1. The van der Waals surface area contributed by atoms with E-state index < -0.39 is 6.03 Å². The summed E-state index contributed by atoms with van der Waals surface area (Å²) in [6.45, 7) is 2.64. The van der Waals surface area contributed by atoms with E-state index in [9.17, 15) is 9.59 Å². The molecular weight excluding hydrogens is 504 g/mol. The fourth-order valence-corrected chi connectivity index (χ4v) is 4.68. The van der Waals surface area contributed by atoms with E-state index in [0.717, 1.165) is 32.1 Å². The van der Waals surface area contributed by atoms with E-state index in [4.69, 9.17) is 4.74 Å². The lowest BCUT2D eigenvalue weighted by molar-refractivity contribution is -0.123. The number of carbonyl (C=O) groups excluding carboxylic acids is 2. The zero-order chi connectivity index (χ0) is 24.4. The number of rotatable bonds is 6. The largest absolute Gasteiger partial charge is 0.488 e. The molecule has 3 amide bonds. The van der Waals surface area contributed by atoms with Gasteiger partial charge in [-0.05, 0) is 68.5 Å². The molecular formula is C29H23BrN2O3. The Morgan fingerprint density at radius 3 is 2.57 bits per heavy atom. The van der Waals surface area contributed by atoms with Gasteiger partial charge in [-0.3, -0.25) is 9.69 Å². The van der Waals surface area contributed by atoms with Crippen LogP contribution in [0.4, 0.5) is 4.79 Å². The first-order chi connectivity index (χ1) is 17.0. The molecule has 4 aromatic carbocycles. The molecule has 5 rings (SSSR count). The molecule has 0 atom stereocenters. The SMILES string of the molecule is Cc1cccc(CN2C(=O)N/C(=C/c3ccc(OCc4cccc5ccccc45)c(Br)c3)C2=O)c1. The number of hydrogen-bond acceptors (Lipinski definition) is 3. The van der Waals surface area contributed by atoms with Crippen LogP contribution in [0.5, 0.6) is 5.75 Å². The van der Waals surface area contributed by atoms with Gasteiger partial charge in [-0.25, -0.2) is 4.79 Å². The van der Waals surface area contributed by atoms with Crippen molar-refractivity contribution in [3.8, 4) is 5.75 Å². The Labute approximate surface area is 212 Å². The van der Waals surface area contributed by atoms with Crippen molar-refractivity contribution < 1.29 is 14.3 Å². The number of nitrogens with one attached hydrogen (secondary N) is 1. The van der Waals surface area contributed by atoms with Gasteiger partial charge in [0.25, 0.3) is 5.91 Å². The summed E-state index contributed by atoms with van der Waals surface area (Å²) in [4.78, 5) is 26.5. The van der Waals surface area contributed by atoms with Gasteiger partial charge in [0.05, 0.1) is 11.0 Å². The smallest absolute Gasteiger partial charge is 0.329 e. The number of fused-ring (bicyclic) bond motifs is 1. The lowest BCUT2D eigenvalue weighted by Gasteiger charge is -2.12. The molecule has 1 saturated heterocycles. The summed E-state index contributed by atoms with van der Waals surface area (Å²) in [6.07, 6.45) is 1.68. The lowest BCUT2D eigenvalue weighted by Crippen LogP contribution is -2.30. The number of nitrogens with zero attached hydrogens (tertiary/aromatic N) is 1. The monoisotopic (exact) mass is 526 g/mol. The molecule has 6 heteroatoms. The summed E-state index contributed by atoms with van der Waals surface area (Å²) in [7, 11) is 0. The van der Waals surface area contributed by atoms with Crippen LogP contribution in [0.15, 0.2) is 95.1 Å². The van der Waals surface area contributed by atoms with Crippen molar-refractivity contribution in [1.29, 1.82) is 0 Å². The van der Waals surface area contributed by atoms with E-state index in [1.807, 2.05) is 67.6 Å². The van der Waals surface area contributed by atoms with Gasteiger partial charge < -0.3 is 10.1 Å². The molecule has 0 spiro atoms. The summed E-state index contributed by atoms with van der Waals surface area (Å²) >= 11 is 3.57. The molecule has 1 aliphatic heterocycles. The summed E-state index contributed by atoms with van der Waals surface area (Å²) in [5.41, 5.74) is 4.12. The van der Waals surface area contributed by atoms with E-state index in [1.165, 1.54) is 10.3 Å². The van der Waals surface area contributed by atoms with Crippen LogP contribution in [0.25, 0.3) is 16.8 Å². The van der Waals surface area contributed by atoms with Gasteiger partial charge in [-0.1, -0.05) is 78.4 Å². The number of amides is 3. The maximum atomic E-state index is 12.9. The van der Waals surface area contributed by atoms with E-state index in [2.05, 4.69) is 45.5 Å². The first-order valence-corrected chi connectivity index (χ1v) is 12.1. The molecule has 0 aromatic heterocycles. The van der Waals surface area contributed by atoms with Gasteiger partial charge in [0.1, 0.15) is 18.1 Å². The zero-order valence-corrected chi connectivity index (χ0v) is 20.7. The van der Waals surface area contributed by atoms with Crippen molar-refractivity contribution in [3.05, 3.63) is 117 Å². The number of urea groups is 1. The van der Waals surface area contributed by atoms with Crippen molar-refractivity contribution in [2.45, 2.75) is 20.1 Å². The Morgan fingerprint density at radius 2 is 1.74 bits per heavy atom. The van der Waals surface area contributed by atoms with Crippen LogP contribution < -0.4 is 10.1 Å². The number of hydrogen-bond donors (Lipinski definition) is 1. The van der Waals surface area contributed by atoms with E-state index in [0.29, 0.717) is 12.4 Å². The fourth-order valence-electron chi connectivity index (χ4n) is 4.17. The highest BCUT2D eigenvalue weighted by atomic mass is 79.9. The van der Waals surface area contributed by atoms with Crippen LogP contribution >= 0.6 is 15.9 Å². The molecule has 174 valence electrons. The summed E-state index contributed by atoms with van der Waals surface area (Å²) in [5.74, 6) is 0.354. The van der Waals surface area contributed by atoms with Gasteiger partial charge in [0.15, 0.2) is 0 Å². The molecule has 0 bridgehead atoms. The molecule has 0 radical (unpaired) electrons. The minimum Gasteiger partial charge on any atom is -0.488 e. The Bertz CT molecular complexity index is 1470. The van der Waals surface area contributed by atoms with Crippen molar-refractivity contribution in [1.82, 2.24) is 10.2 Å². The maximum Gasteiger partial charge on any atom is 0.329 e. The predicted octanol–water partition coefficient (Wildman–Crippen LogP) is 6.58. The number of ether oxygens (including phenoxy) is 1. The molecule has 1 aliphatic rings. The average Bonchev–Trinajstić information content (AvgIpc) is 3.11. The first kappa shape index (κ1) is 22.9. The second-order valence-electron chi connectivity index (χ2n) is 8.49. The third kappa shape index (κ3) is 4.98. The maximum absolute atomic E-state index is 12.9. The van der Waals surface area contributed by atoms with Gasteiger partial charge in [0, 0.05) is 0 Å². The average molecular weight is 527 g/mol. The number of imide groups is 1. The summed E-state index contributed by atoms with van der Waals surface area (Å²) in [5, 5.41) is 5.03. The highest BCUT2D eigenvalue weighted by Gasteiger charge is 2.33. The van der Waals surface area contributed by atoms with Crippen molar-refractivity contribution in [3.63, 3.8) is 0 Å². The molecule has 0 saturated carbocycles. The third-order valence-electron chi connectivity index (χ3n) is 5.92. The standard InChI is InChI=1S/C29H23BrN2O3/c1-19-6-4-7-21(14-19)17-32-28(33)26(31-29(32)34)16-20-12-13-27(25(30)15-20)35-18-23-10-5-9-22-8-2-3-11-24(22)23/h2-16H,17-18H2,1H3,(H,31,34)/b26-16+. The number of aryl methyl sites for hydroxylation is 1. The van der Waals surface area contributed by atoms with Crippen LogP contribution in [0.2, 0.25) is 0 Å². The van der Waals surface area contributed by atoms with Gasteiger partial charge >= 0.3 is 6.03 Å². The highest BCUT2D eigenvalue weighted by Crippen LogP contribution is 2.29. The van der Waals surface area contributed by atoms with E-state index in [1.54, 1.807) is 6.08 Å². The Balaban J connectivity index is 1.29. The minimum absolute atomic E-state index is 0.230. The van der Waals surface area contributed by atoms with Crippen LogP contribution in [0, 0.1) is 6.92 Å².